The summed E-state index contributed by atoms with van der Waals surface area (Å²) in [6.07, 6.45) is 4.35. The van der Waals surface area contributed by atoms with Crippen LogP contribution in [0.1, 0.15) is 35.2 Å². The molecule has 0 radical (unpaired) electrons. The van der Waals surface area contributed by atoms with Gasteiger partial charge in [0.2, 0.25) is 0 Å². The van der Waals surface area contributed by atoms with Crippen LogP contribution in [0, 0.1) is 5.41 Å². The van der Waals surface area contributed by atoms with Crippen molar-refractivity contribution in [1.82, 2.24) is 5.32 Å². The molecule has 0 spiro atoms. The van der Waals surface area contributed by atoms with E-state index in [1.54, 1.807) is 7.11 Å². The Morgan fingerprint density at radius 2 is 2.00 bits per heavy atom. The molecular formula is C16H25ClN2O2. The lowest BCUT2D eigenvalue weighted by Gasteiger charge is -2.41. The Hall–Kier alpha value is -1.10. The number of carbonyl (C=O) groups excluding carboxylic acids is 1. The maximum atomic E-state index is 12.1. The lowest BCUT2D eigenvalue weighted by atomic mass is 9.69. The fraction of sp³-hybridized carbons (Fsp3) is 0.562. The van der Waals surface area contributed by atoms with E-state index in [1.165, 1.54) is 12.0 Å². The number of amides is 1. The molecule has 1 aromatic carbocycles. The van der Waals surface area contributed by atoms with Crippen LogP contribution >= 0.6 is 12.4 Å². The van der Waals surface area contributed by atoms with Crippen molar-refractivity contribution in [2.24, 2.45) is 11.1 Å². The van der Waals surface area contributed by atoms with Crippen molar-refractivity contribution in [3.8, 4) is 0 Å². The summed E-state index contributed by atoms with van der Waals surface area (Å²) >= 11 is 0. The van der Waals surface area contributed by atoms with Crippen LogP contribution in [0.3, 0.4) is 0 Å². The Labute approximate surface area is 132 Å². The van der Waals surface area contributed by atoms with Gasteiger partial charge in [0.25, 0.3) is 5.91 Å². The standard InChI is InChI=1S/C16H24N2O2.ClH/c1-20-12-16(8-2-9-16)11-18-15(19)14-5-3-13(4-6-14)7-10-17;/h3-6H,2,7-12,17H2,1H3,(H,18,19);1H. The summed E-state index contributed by atoms with van der Waals surface area (Å²) < 4.78 is 5.27. The van der Waals surface area contributed by atoms with Crippen LogP contribution in [0.25, 0.3) is 0 Å². The first-order chi connectivity index (χ1) is 9.69. The molecule has 3 N–H and O–H groups in total. The number of nitrogens with one attached hydrogen (secondary N) is 1. The molecule has 1 saturated carbocycles. The minimum atomic E-state index is -0.00771. The Morgan fingerprint density at radius 3 is 2.48 bits per heavy atom. The molecule has 4 nitrogen and oxygen atoms in total. The van der Waals surface area contributed by atoms with E-state index in [1.807, 2.05) is 24.3 Å². The number of hydrogen-bond donors (Lipinski definition) is 2. The normalized spacial score (nSPS) is 15.7. The molecule has 118 valence electrons. The summed E-state index contributed by atoms with van der Waals surface area (Å²) in [6.45, 7) is 2.05. The molecular weight excluding hydrogens is 288 g/mol. The van der Waals surface area contributed by atoms with Crippen molar-refractivity contribution in [1.29, 1.82) is 0 Å². The van der Waals surface area contributed by atoms with Crippen molar-refractivity contribution >= 4 is 18.3 Å². The van der Waals surface area contributed by atoms with Gasteiger partial charge in [0.05, 0.1) is 6.61 Å². The molecule has 1 fully saturated rings. The van der Waals surface area contributed by atoms with Gasteiger partial charge in [-0.1, -0.05) is 18.6 Å². The van der Waals surface area contributed by atoms with E-state index in [0.29, 0.717) is 18.7 Å². The van der Waals surface area contributed by atoms with Gasteiger partial charge in [-0.05, 0) is 43.5 Å². The van der Waals surface area contributed by atoms with Crippen LogP contribution in [-0.4, -0.2) is 32.7 Å². The molecule has 0 atom stereocenters. The van der Waals surface area contributed by atoms with Gasteiger partial charge in [-0.25, -0.2) is 0 Å². The minimum absolute atomic E-state index is 0. The zero-order valence-electron chi connectivity index (χ0n) is 12.6. The second-order valence-electron chi connectivity index (χ2n) is 5.70. The summed E-state index contributed by atoms with van der Waals surface area (Å²) in [4.78, 5) is 12.1. The number of benzene rings is 1. The van der Waals surface area contributed by atoms with E-state index in [2.05, 4.69) is 5.32 Å². The van der Waals surface area contributed by atoms with Crippen LogP contribution in [-0.2, 0) is 11.2 Å². The summed E-state index contributed by atoms with van der Waals surface area (Å²) in [5.74, 6) is -0.00771. The lowest BCUT2D eigenvalue weighted by molar-refractivity contribution is 0.0180. The van der Waals surface area contributed by atoms with Gasteiger partial charge in [0.15, 0.2) is 0 Å². The lowest BCUT2D eigenvalue weighted by Crippen LogP contribution is -2.45. The molecule has 0 aromatic heterocycles. The summed E-state index contributed by atoms with van der Waals surface area (Å²) in [7, 11) is 1.72. The average molecular weight is 313 g/mol. The highest BCUT2D eigenvalue weighted by atomic mass is 35.5. The van der Waals surface area contributed by atoms with E-state index in [4.69, 9.17) is 10.5 Å². The van der Waals surface area contributed by atoms with Gasteiger partial charge in [-0.3, -0.25) is 4.79 Å². The van der Waals surface area contributed by atoms with Crippen molar-refractivity contribution in [3.05, 3.63) is 35.4 Å². The van der Waals surface area contributed by atoms with Gasteiger partial charge >= 0.3 is 0 Å². The number of rotatable bonds is 7. The smallest absolute Gasteiger partial charge is 0.251 e. The maximum absolute atomic E-state index is 12.1. The van der Waals surface area contributed by atoms with Crippen LogP contribution in [0.4, 0.5) is 0 Å². The first kappa shape index (κ1) is 18.0. The molecule has 1 aliphatic rings. The third-order valence-corrected chi connectivity index (χ3v) is 4.14. The quantitative estimate of drug-likeness (QED) is 0.811. The number of carbonyl (C=O) groups is 1. The average Bonchev–Trinajstić information content (AvgIpc) is 2.42. The van der Waals surface area contributed by atoms with Gasteiger partial charge in [-0.2, -0.15) is 0 Å². The molecule has 21 heavy (non-hydrogen) atoms. The maximum Gasteiger partial charge on any atom is 0.251 e. The number of halogens is 1. The molecule has 1 amide bonds. The minimum Gasteiger partial charge on any atom is -0.384 e. The molecule has 5 heteroatoms. The fourth-order valence-corrected chi connectivity index (χ4v) is 2.71. The van der Waals surface area contributed by atoms with Crippen LogP contribution in [0.15, 0.2) is 24.3 Å². The molecule has 1 aliphatic carbocycles. The zero-order chi connectivity index (χ0) is 14.4. The van der Waals surface area contributed by atoms with Crippen molar-refractivity contribution < 1.29 is 9.53 Å². The Balaban J connectivity index is 0.00000220. The third kappa shape index (κ3) is 4.70. The first-order valence-electron chi connectivity index (χ1n) is 7.25. The van der Waals surface area contributed by atoms with Crippen molar-refractivity contribution in [2.45, 2.75) is 25.7 Å². The molecule has 0 heterocycles. The fourth-order valence-electron chi connectivity index (χ4n) is 2.71. The SMILES string of the molecule is COCC1(CNC(=O)c2ccc(CCN)cc2)CCC1.Cl. The van der Waals surface area contributed by atoms with Gasteiger partial charge < -0.3 is 15.8 Å². The third-order valence-electron chi connectivity index (χ3n) is 4.14. The monoisotopic (exact) mass is 312 g/mol. The summed E-state index contributed by atoms with van der Waals surface area (Å²) in [6, 6.07) is 7.67. The second kappa shape index (κ2) is 8.37. The molecule has 0 saturated heterocycles. The van der Waals surface area contributed by atoms with Crippen LogP contribution in [0.2, 0.25) is 0 Å². The molecule has 2 rings (SSSR count). The number of ether oxygens (including phenoxy) is 1. The number of nitrogens with two attached hydrogens (primary N) is 1. The van der Waals surface area contributed by atoms with Gasteiger partial charge in [0, 0.05) is 24.6 Å². The van der Waals surface area contributed by atoms with Gasteiger partial charge in [0.1, 0.15) is 0 Å². The van der Waals surface area contributed by atoms with Crippen molar-refractivity contribution in [3.63, 3.8) is 0 Å². The van der Waals surface area contributed by atoms with E-state index in [0.717, 1.165) is 25.9 Å². The highest BCUT2D eigenvalue weighted by Crippen LogP contribution is 2.40. The Bertz CT molecular complexity index is 444. The molecule has 0 aliphatic heterocycles. The van der Waals surface area contributed by atoms with Crippen LogP contribution < -0.4 is 11.1 Å². The zero-order valence-corrected chi connectivity index (χ0v) is 13.4. The molecule has 0 unspecified atom stereocenters. The highest BCUT2D eigenvalue weighted by Gasteiger charge is 2.37. The predicted molar refractivity (Wildman–Crippen MR) is 86.9 cm³/mol. The van der Waals surface area contributed by atoms with E-state index >= 15 is 0 Å². The topological polar surface area (TPSA) is 64.3 Å². The van der Waals surface area contributed by atoms with E-state index in [-0.39, 0.29) is 23.7 Å². The van der Waals surface area contributed by atoms with Crippen molar-refractivity contribution in [2.75, 3.05) is 26.8 Å². The largest absolute Gasteiger partial charge is 0.384 e. The molecule has 1 aromatic rings. The Kier molecular flexibility index (Phi) is 7.15. The van der Waals surface area contributed by atoms with Gasteiger partial charge in [-0.15, -0.1) is 12.4 Å². The molecule has 0 bridgehead atoms. The van der Waals surface area contributed by atoms with E-state index < -0.39 is 0 Å². The number of hydrogen-bond acceptors (Lipinski definition) is 3. The predicted octanol–water partition coefficient (Wildman–Crippen LogP) is 2.16. The first-order valence-corrected chi connectivity index (χ1v) is 7.25. The second-order valence-corrected chi connectivity index (χ2v) is 5.70. The highest BCUT2D eigenvalue weighted by molar-refractivity contribution is 5.94. The Morgan fingerprint density at radius 1 is 1.33 bits per heavy atom. The van der Waals surface area contributed by atoms with Crippen LogP contribution in [0.5, 0.6) is 0 Å². The summed E-state index contributed by atoms with van der Waals surface area (Å²) in [5.41, 5.74) is 7.54. The number of methoxy groups -OCH3 is 1. The summed E-state index contributed by atoms with van der Waals surface area (Å²) in [5, 5.41) is 3.03. The van der Waals surface area contributed by atoms with E-state index in [9.17, 15) is 4.79 Å².